The molecule has 7 heteroatoms. The van der Waals surface area contributed by atoms with Crippen molar-refractivity contribution in [2.75, 3.05) is 10.6 Å². The van der Waals surface area contributed by atoms with Gasteiger partial charge in [0.25, 0.3) is 5.91 Å². The van der Waals surface area contributed by atoms with Crippen LogP contribution in [0.5, 0.6) is 0 Å². The third-order valence-corrected chi connectivity index (χ3v) is 3.46. The molecule has 0 radical (unpaired) electrons. The number of anilines is 2. The number of carbonyl (C=O) groups is 2. The summed E-state index contributed by atoms with van der Waals surface area (Å²) >= 11 is 0. The van der Waals surface area contributed by atoms with Gasteiger partial charge in [0.15, 0.2) is 0 Å². The fourth-order valence-corrected chi connectivity index (χ4v) is 2.38. The van der Waals surface area contributed by atoms with Gasteiger partial charge >= 0.3 is 0 Å². The van der Waals surface area contributed by atoms with Crippen LogP contribution in [0.15, 0.2) is 30.6 Å². The van der Waals surface area contributed by atoms with Crippen molar-refractivity contribution in [2.45, 2.75) is 25.8 Å². The van der Waals surface area contributed by atoms with Crippen LogP contribution < -0.4 is 10.6 Å². The lowest BCUT2D eigenvalue weighted by Crippen LogP contribution is -2.23. The Bertz CT molecular complexity index is 694. The number of aryl methyl sites for hydroxylation is 1. The molecule has 0 saturated carbocycles. The van der Waals surface area contributed by atoms with E-state index in [1.807, 2.05) is 31.2 Å². The fraction of sp³-hybridized carbons (Fsp3) is 0.286. The molecule has 2 aromatic rings. The SMILES string of the molecule is CCc1ccccc1NC(=O)CC1C(=O)Nc2ncnn21. The highest BCUT2D eigenvalue weighted by atomic mass is 16.2. The van der Waals surface area contributed by atoms with Gasteiger partial charge in [-0.3, -0.25) is 14.9 Å². The first-order valence-electron chi connectivity index (χ1n) is 6.77. The highest BCUT2D eigenvalue weighted by molar-refractivity contribution is 6.01. The number of aromatic nitrogens is 3. The zero-order valence-electron chi connectivity index (χ0n) is 11.5. The second-order valence-corrected chi connectivity index (χ2v) is 4.80. The molecule has 21 heavy (non-hydrogen) atoms. The first kappa shape index (κ1) is 13.3. The first-order chi connectivity index (χ1) is 10.2. The van der Waals surface area contributed by atoms with Gasteiger partial charge in [0, 0.05) is 5.69 Å². The molecule has 3 rings (SSSR count). The highest BCUT2D eigenvalue weighted by Crippen LogP contribution is 2.24. The maximum absolute atomic E-state index is 12.2. The van der Waals surface area contributed by atoms with E-state index in [1.165, 1.54) is 11.0 Å². The number of nitrogens with one attached hydrogen (secondary N) is 2. The zero-order valence-corrected chi connectivity index (χ0v) is 11.5. The van der Waals surface area contributed by atoms with E-state index in [-0.39, 0.29) is 18.2 Å². The Hall–Kier alpha value is -2.70. The van der Waals surface area contributed by atoms with Gasteiger partial charge in [-0.05, 0) is 18.1 Å². The quantitative estimate of drug-likeness (QED) is 0.887. The molecule has 7 nitrogen and oxygen atoms in total. The maximum Gasteiger partial charge on any atom is 0.252 e. The van der Waals surface area contributed by atoms with Crippen LogP contribution in [-0.2, 0) is 16.0 Å². The van der Waals surface area contributed by atoms with E-state index in [4.69, 9.17) is 0 Å². The van der Waals surface area contributed by atoms with Gasteiger partial charge < -0.3 is 5.32 Å². The molecule has 1 atom stereocenters. The molecular weight excluding hydrogens is 270 g/mol. The van der Waals surface area contributed by atoms with Crippen molar-refractivity contribution >= 4 is 23.5 Å². The third-order valence-electron chi connectivity index (χ3n) is 3.46. The molecular formula is C14H15N5O2. The minimum Gasteiger partial charge on any atom is -0.326 e. The molecule has 0 fully saturated rings. The molecule has 1 unspecified atom stereocenters. The molecule has 2 amide bonds. The lowest BCUT2D eigenvalue weighted by Gasteiger charge is -2.12. The number of amides is 2. The summed E-state index contributed by atoms with van der Waals surface area (Å²) in [7, 11) is 0. The minimum atomic E-state index is -0.642. The Labute approximate surface area is 121 Å². The second kappa shape index (κ2) is 5.35. The molecule has 0 spiro atoms. The number of fused-ring (bicyclic) bond motifs is 1. The largest absolute Gasteiger partial charge is 0.326 e. The van der Waals surface area contributed by atoms with Crippen molar-refractivity contribution in [3.8, 4) is 0 Å². The van der Waals surface area contributed by atoms with Gasteiger partial charge in [-0.1, -0.05) is 25.1 Å². The predicted octanol–water partition coefficient (Wildman–Crippen LogP) is 1.36. The molecule has 1 aromatic heterocycles. The first-order valence-corrected chi connectivity index (χ1v) is 6.77. The summed E-state index contributed by atoms with van der Waals surface area (Å²) < 4.78 is 1.44. The van der Waals surface area contributed by atoms with Crippen LogP contribution in [-0.4, -0.2) is 26.6 Å². The predicted molar refractivity (Wildman–Crippen MR) is 76.8 cm³/mol. The van der Waals surface area contributed by atoms with Crippen LogP contribution >= 0.6 is 0 Å². The van der Waals surface area contributed by atoms with Gasteiger partial charge in [0.2, 0.25) is 11.9 Å². The topological polar surface area (TPSA) is 88.9 Å². The summed E-state index contributed by atoms with van der Waals surface area (Å²) in [5.41, 5.74) is 1.84. The van der Waals surface area contributed by atoms with E-state index in [2.05, 4.69) is 20.7 Å². The average molecular weight is 285 g/mol. The Balaban J connectivity index is 1.71. The smallest absolute Gasteiger partial charge is 0.252 e. The van der Waals surface area contributed by atoms with Crippen LogP contribution in [0.3, 0.4) is 0 Å². The molecule has 0 bridgehead atoms. The van der Waals surface area contributed by atoms with Crippen LogP contribution in [0.4, 0.5) is 11.6 Å². The Morgan fingerprint density at radius 1 is 1.43 bits per heavy atom. The van der Waals surface area contributed by atoms with Crippen molar-refractivity contribution in [3.05, 3.63) is 36.2 Å². The molecule has 1 aromatic carbocycles. The van der Waals surface area contributed by atoms with Gasteiger partial charge in [0.05, 0.1) is 6.42 Å². The van der Waals surface area contributed by atoms with Crippen molar-refractivity contribution in [3.63, 3.8) is 0 Å². The number of hydrogen-bond donors (Lipinski definition) is 2. The number of rotatable bonds is 4. The fourth-order valence-electron chi connectivity index (χ4n) is 2.38. The van der Waals surface area contributed by atoms with Crippen LogP contribution in [0.1, 0.15) is 24.9 Å². The van der Waals surface area contributed by atoms with Crippen molar-refractivity contribution in [1.82, 2.24) is 14.8 Å². The molecule has 1 aliphatic heterocycles. The molecule has 1 aliphatic rings. The van der Waals surface area contributed by atoms with Crippen LogP contribution in [0.2, 0.25) is 0 Å². The minimum absolute atomic E-state index is 0.0280. The molecule has 2 heterocycles. The van der Waals surface area contributed by atoms with Crippen molar-refractivity contribution < 1.29 is 9.59 Å². The maximum atomic E-state index is 12.2. The summed E-state index contributed by atoms with van der Waals surface area (Å²) in [6.45, 7) is 2.02. The van der Waals surface area contributed by atoms with E-state index in [1.54, 1.807) is 0 Å². The molecule has 108 valence electrons. The zero-order chi connectivity index (χ0) is 14.8. The number of para-hydroxylation sites is 1. The lowest BCUT2D eigenvalue weighted by molar-refractivity contribution is -0.123. The average Bonchev–Trinajstić information content (AvgIpc) is 3.03. The van der Waals surface area contributed by atoms with E-state index in [9.17, 15) is 9.59 Å². The summed E-state index contributed by atoms with van der Waals surface area (Å²) in [5, 5.41) is 9.41. The van der Waals surface area contributed by atoms with Gasteiger partial charge in [-0.25, -0.2) is 4.68 Å². The van der Waals surface area contributed by atoms with E-state index in [0.717, 1.165) is 17.7 Å². The van der Waals surface area contributed by atoms with Crippen molar-refractivity contribution in [1.29, 1.82) is 0 Å². The summed E-state index contributed by atoms with van der Waals surface area (Å²) in [4.78, 5) is 27.9. The molecule has 2 N–H and O–H groups in total. The number of hydrogen-bond acceptors (Lipinski definition) is 4. The Morgan fingerprint density at radius 2 is 2.24 bits per heavy atom. The second-order valence-electron chi connectivity index (χ2n) is 4.80. The van der Waals surface area contributed by atoms with Crippen LogP contribution in [0, 0.1) is 0 Å². The highest BCUT2D eigenvalue weighted by Gasteiger charge is 2.33. The van der Waals surface area contributed by atoms with Gasteiger partial charge in [0.1, 0.15) is 12.4 Å². The normalized spacial score (nSPS) is 16.4. The molecule has 0 saturated heterocycles. The van der Waals surface area contributed by atoms with E-state index < -0.39 is 6.04 Å². The molecule has 0 aliphatic carbocycles. The van der Waals surface area contributed by atoms with Gasteiger partial charge in [-0.2, -0.15) is 10.1 Å². The van der Waals surface area contributed by atoms with Gasteiger partial charge in [-0.15, -0.1) is 0 Å². The summed E-state index contributed by atoms with van der Waals surface area (Å²) in [6.07, 6.45) is 2.21. The van der Waals surface area contributed by atoms with E-state index in [0.29, 0.717) is 5.95 Å². The van der Waals surface area contributed by atoms with Crippen LogP contribution in [0.25, 0.3) is 0 Å². The number of benzene rings is 1. The summed E-state index contributed by atoms with van der Waals surface area (Å²) in [5.74, 6) is -0.101. The Kier molecular flexibility index (Phi) is 3.39. The lowest BCUT2D eigenvalue weighted by atomic mass is 10.1. The standard InChI is InChI=1S/C14H15N5O2/c1-2-9-5-3-4-6-10(9)17-12(20)7-11-13(21)18-14-15-8-16-19(11)14/h3-6,8,11H,2,7H2,1H3,(H,17,20)(H,15,16,18,21). The van der Waals surface area contributed by atoms with Crippen molar-refractivity contribution in [2.24, 2.45) is 0 Å². The number of carbonyl (C=O) groups excluding carboxylic acids is 2. The third kappa shape index (κ3) is 2.49. The number of nitrogens with zero attached hydrogens (tertiary/aromatic N) is 3. The Morgan fingerprint density at radius 3 is 3.05 bits per heavy atom. The van der Waals surface area contributed by atoms with E-state index >= 15 is 0 Å². The summed E-state index contributed by atoms with van der Waals surface area (Å²) in [6, 6.07) is 6.98. The monoisotopic (exact) mass is 285 g/mol.